The molecule has 0 unspecified atom stereocenters. The van der Waals surface area contributed by atoms with E-state index in [-0.39, 0.29) is 17.5 Å². The van der Waals surface area contributed by atoms with Gasteiger partial charge < -0.3 is 4.74 Å². The van der Waals surface area contributed by atoms with Crippen LogP contribution in [0.5, 0.6) is 0 Å². The Balaban J connectivity index is 1.68. The lowest BCUT2D eigenvalue weighted by Gasteiger charge is -2.21. The van der Waals surface area contributed by atoms with Crippen LogP contribution < -0.4 is 10.9 Å². The van der Waals surface area contributed by atoms with Gasteiger partial charge in [0.15, 0.2) is 0 Å². The molecule has 2 aromatic heterocycles. The smallest absolute Gasteiger partial charge is 0.288 e. The first-order valence-corrected chi connectivity index (χ1v) is 7.80. The van der Waals surface area contributed by atoms with Gasteiger partial charge in [0.25, 0.3) is 5.91 Å². The summed E-state index contributed by atoms with van der Waals surface area (Å²) in [6.07, 6.45) is 4.49. The van der Waals surface area contributed by atoms with Gasteiger partial charge in [0.2, 0.25) is 5.91 Å². The topological polar surface area (TPSA) is 93.2 Å². The van der Waals surface area contributed by atoms with Gasteiger partial charge >= 0.3 is 0 Å². The summed E-state index contributed by atoms with van der Waals surface area (Å²) in [6, 6.07) is 8.94. The summed E-state index contributed by atoms with van der Waals surface area (Å²) in [5.74, 6) is -0.823. The van der Waals surface area contributed by atoms with Crippen LogP contribution in [0.2, 0.25) is 0 Å². The van der Waals surface area contributed by atoms with Crippen molar-refractivity contribution in [1.82, 2.24) is 20.8 Å². The van der Waals surface area contributed by atoms with E-state index < -0.39 is 5.91 Å². The van der Waals surface area contributed by atoms with Crippen LogP contribution in [0.3, 0.4) is 0 Å². The Kier molecular flexibility index (Phi) is 5.12. The summed E-state index contributed by atoms with van der Waals surface area (Å²) in [5.41, 5.74) is 6.38. The SMILES string of the molecule is O=C(NNC(=O)C1CCOCC1)c1ncccc1-c1ccccn1. The number of nitrogens with one attached hydrogen (secondary N) is 2. The van der Waals surface area contributed by atoms with Gasteiger partial charge in [-0.2, -0.15) is 0 Å². The minimum absolute atomic E-state index is 0.141. The molecule has 0 aliphatic carbocycles. The molecule has 0 atom stereocenters. The van der Waals surface area contributed by atoms with E-state index in [0.717, 1.165) is 0 Å². The zero-order valence-corrected chi connectivity index (χ0v) is 13.1. The van der Waals surface area contributed by atoms with Crippen LogP contribution in [0.4, 0.5) is 0 Å². The quantitative estimate of drug-likeness (QED) is 0.830. The zero-order chi connectivity index (χ0) is 16.8. The number of ether oxygens (including phenoxy) is 1. The summed E-state index contributed by atoms with van der Waals surface area (Å²) in [4.78, 5) is 32.8. The number of rotatable bonds is 3. The van der Waals surface area contributed by atoms with Crippen LogP contribution >= 0.6 is 0 Å². The third-order valence-corrected chi connectivity index (χ3v) is 3.85. The molecule has 1 aliphatic rings. The molecule has 1 aliphatic heterocycles. The van der Waals surface area contributed by atoms with Gasteiger partial charge in [-0.25, -0.2) is 0 Å². The van der Waals surface area contributed by atoms with E-state index in [1.165, 1.54) is 6.20 Å². The third-order valence-electron chi connectivity index (χ3n) is 3.85. The average molecular weight is 326 g/mol. The largest absolute Gasteiger partial charge is 0.381 e. The van der Waals surface area contributed by atoms with E-state index >= 15 is 0 Å². The Hall–Kier alpha value is -2.80. The molecule has 2 N–H and O–H groups in total. The van der Waals surface area contributed by atoms with Crippen LogP contribution in [0, 0.1) is 5.92 Å². The monoisotopic (exact) mass is 326 g/mol. The first-order valence-electron chi connectivity index (χ1n) is 7.80. The fraction of sp³-hybridized carbons (Fsp3) is 0.294. The molecule has 1 saturated heterocycles. The Bertz CT molecular complexity index is 715. The van der Waals surface area contributed by atoms with Crippen molar-refractivity contribution in [2.75, 3.05) is 13.2 Å². The van der Waals surface area contributed by atoms with Crippen molar-refractivity contribution in [3.8, 4) is 11.3 Å². The number of amides is 2. The maximum absolute atomic E-state index is 12.4. The predicted octanol–water partition coefficient (Wildman–Crippen LogP) is 1.33. The first kappa shape index (κ1) is 16.1. The Labute approximate surface area is 139 Å². The number of hydrogen-bond donors (Lipinski definition) is 2. The lowest BCUT2D eigenvalue weighted by atomic mass is 10.00. The molecule has 1 fully saturated rings. The number of hydrogen-bond acceptors (Lipinski definition) is 5. The molecule has 3 rings (SSSR count). The number of carbonyl (C=O) groups is 2. The Morgan fingerprint density at radius 1 is 1.00 bits per heavy atom. The summed E-state index contributed by atoms with van der Waals surface area (Å²) >= 11 is 0. The van der Waals surface area contributed by atoms with E-state index in [9.17, 15) is 9.59 Å². The van der Waals surface area contributed by atoms with E-state index in [1.54, 1.807) is 30.5 Å². The summed E-state index contributed by atoms with van der Waals surface area (Å²) in [6.45, 7) is 1.13. The van der Waals surface area contributed by atoms with Gasteiger partial charge in [0, 0.05) is 37.1 Å². The zero-order valence-electron chi connectivity index (χ0n) is 13.1. The van der Waals surface area contributed by atoms with Crippen molar-refractivity contribution >= 4 is 11.8 Å². The standard InChI is InChI=1S/C17H18N4O3/c22-16(12-6-10-24-11-7-12)20-21-17(23)15-13(4-3-9-19-15)14-5-1-2-8-18-14/h1-5,8-9,12H,6-7,10-11H2,(H,20,22)(H,21,23). The summed E-state index contributed by atoms with van der Waals surface area (Å²) in [7, 11) is 0. The molecule has 2 aromatic rings. The van der Waals surface area contributed by atoms with E-state index in [0.29, 0.717) is 37.3 Å². The van der Waals surface area contributed by atoms with Gasteiger partial charge in [0.05, 0.1) is 5.69 Å². The van der Waals surface area contributed by atoms with Gasteiger partial charge in [-0.05, 0) is 37.1 Å². The molecule has 7 nitrogen and oxygen atoms in total. The van der Waals surface area contributed by atoms with Crippen molar-refractivity contribution in [2.45, 2.75) is 12.8 Å². The highest BCUT2D eigenvalue weighted by molar-refractivity contribution is 5.99. The van der Waals surface area contributed by atoms with Crippen LogP contribution in [0.15, 0.2) is 42.7 Å². The fourth-order valence-electron chi connectivity index (χ4n) is 2.55. The second kappa shape index (κ2) is 7.65. The van der Waals surface area contributed by atoms with Gasteiger partial charge in [-0.3, -0.25) is 30.4 Å². The summed E-state index contributed by atoms with van der Waals surface area (Å²) < 4.78 is 5.23. The maximum Gasteiger partial charge on any atom is 0.288 e. The second-order valence-corrected chi connectivity index (χ2v) is 5.44. The highest BCUT2D eigenvalue weighted by Crippen LogP contribution is 2.19. The van der Waals surface area contributed by atoms with E-state index in [4.69, 9.17) is 4.74 Å². The molecule has 0 aromatic carbocycles. The highest BCUT2D eigenvalue weighted by atomic mass is 16.5. The third kappa shape index (κ3) is 3.75. The van der Waals surface area contributed by atoms with Crippen molar-refractivity contribution in [2.24, 2.45) is 5.92 Å². The molecule has 0 spiro atoms. The van der Waals surface area contributed by atoms with E-state index in [1.807, 2.05) is 6.07 Å². The van der Waals surface area contributed by atoms with Gasteiger partial charge in [-0.15, -0.1) is 0 Å². The second-order valence-electron chi connectivity index (χ2n) is 5.44. The molecule has 0 saturated carbocycles. The average Bonchev–Trinajstić information content (AvgIpc) is 2.67. The predicted molar refractivity (Wildman–Crippen MR) is 86.6 cm³/mol. The Morgan fingerprint density at radius 2 is 1.79 bits per heavy atom. The maximum atomic E-state index is 12.4. The van der Waals surface area contributed by atoms with Crippen molar-refractivity contribution in [1.29, 1.82) is 0 Å². The number of carbonyl (C=O) groups excluding carboxylic acids is 2. The number of nitrogens with zero attached hydrogens (tertiary/aromatic N) is 2. The van der Waals surface area contributed by atoms with Gasteiger partial charge in [0.1, 0.15) is 5.69 Å². The van der Waals surface area contributed by atoms with Crippen LogP contribution in [-0.4, -0.2) is 35.0 Å². The van der Waals surface area contributed by atoms with Crippen LogP contribution in [0.1, 0.15) is 23.3 Å². The molecule has 0 bridgehead atoms. The van der Waals surface area contributed by atoms with Gasteiger partial charge in [-0.1, -0.05) is 6.07 Å². The molecule has 7 heteroatoms. The number of pyridine rings is 2. The molecule has 0 radical (unpaired) electrons. The first-order chi connectivity index (χ1) is 11.8. The minimum Gasteiger partial charge on any atom is -0.381 e. The fourth-order valence-corrected chi connectivity index (χ4v) is 2.55. The minimum atomic E-state index is -0.475. The lowest BCUT2D eigenvalue weighted by Crippen LogP contribution is -2.46. The Morgan fingerprint density at radius 3 is 2.54 bits per heavy atom. The number of hydrazine groups is 1. The molecule has 24 heavy (non-hydrogen) atoms. The molecule has 3 heterocycles. The molecule has 124 valence electrons. The van der Waals surface area contributed by atoms with Crippen LogP contribution in [0.25, 0.3) is 11.3 Å². The van der Waals surface area contributed by atoms with Crippen LogP contribution in [-0.2, 0) is 9.53 Å². The van der Waals surface area contributed by atoms with Crippen molar-refractivity contribution < 1.29 is 14.3 Å². The molecular formula is C17H18N4O3. The number of aromatic nitrogens is 2. The van der Waals surface area contributed by atoms with E-state index in [2.05, 4.69) is 20.8 Å². The normalized spacial score (nSPS) is 14.8. The van der Waals surface area contributed by atoms with Crippen molar-refractivity contribution in [3.05, 3.63) is 48.4 Å². The molecular weight excluding hydrogens is 308 g/mol. The lowest BCUT2D eigenvalue weighted by molar-refractivity contribution is -0.128. The van der Waals surface area contributed by atoms with Crippen molar-refractivity contribution in [3.63, 3.8) is 0 Å². The molecule has 2 amide bonds. The highest BCUT2D eigenvalue weighted by Gasteiger charge is 2.22. The summed E-state index contributed by atoms with van der Waals surface area (Å²) in [5, 5.41) is 0.